The summed E-state index contributed by atoms with van der Waals surface area (Å²) in [6.45, 7) is 10.6. The summed E-state index contributed by atoms with van der Waals surface area (Å²) in [7, 11) is 1.51. The Morgan fingerprint density at radius 2 is 1.22 bits per heavy atom. The lowest BCUT2D eigenvalue weighted by atomic mass is 9.78. The van der Waals surface area contributed by atoms with E-state index in [1.165, 1.54) is 19.6 Å². The van der Waals surface area contributed by atoms with Crippen molar-refractivity contribution in [1.82, 2.24) is 9.97 Å². The van der Waals surface area contributed by atoms with Crippen LogP contribution in [0.25, 0.3) is 6.08 Å². The average molecular weight is 959 g/mol. The lowest BCUT2D eigenvalue weighted by Gasteiger charge is -2.38. The lowest BCUT2D eigenvalue weighted by molar-refractivity contribution is -0.158. The van der Waals surface area contributed by atoms with Gasteiger partial charge in [0.25, 0.3) is 0 Å². The smallest absolute Gasteiger partial charge is 0.360 e. The van der Waals surface area contributed by atoms with Gasteiger partial charge in [0, 0.05) is 36.9 Å². The number of hydrogen-bond donors (Lipinski definition) is 2. The molecular formula is C51H62N2O16. The Hall–Kier alpha value is -6.92. The minimum absolute atomic E-state index is 0.0929. The maximum Gasteiger partial charge on any atom is 0.360 e. The Morgan fingerprint density at radius 1 is 0.696 bits per heavy atom. The molecule has 2 aliphatic heterocycles. The Balaban J connectivity index is 1.62. The molecule has 18 nitrogen and oxygen atoms in total. The van der Waals surface area contributed by atoms with Crippen molar-refractivity contribution in [3.8, 4) is 0 Å². The number of carboxylic acid groups (broad SMARTS) is 2. The van der Waals surface area contributed by atoms with Crippen LogP contribution in [0.4, 0.5) is 0 Å². The zero-order valence-electron chi connectivity index (χ0n) is 39.9. The third kappa shape index (κ3) is 17.6. The van der Waals surface area contributed by atoms with E-state index in [1.54, 1.807) is 133 Å². The molecule has 372 valence electrons. The van der Waals surface area contributed by atoms with Crippen molar-refractivity contribution in [3.05, 3.63) is 127 Å². The number of cyclic esters (lactones) is 2. The maximum absolute atomic E-state index is 13.7. The molecule has 0 unspecified atom stereocenters. The number of aliphatic carboxylic acids is 2. The summed E-state index contributed by atoms with van der Waals surface area (Å²) >= 11 is 0. The van der Waals surface area contributed by atoms with E-state index < -0.39 is 90.0 Å². The van der Waals surface area contributed by atoms with E-state index in [-0.39, 0.29) is 67.5 Å². The van der Waals surface area contributed by atoms with Crippen LogP contribution in [0.5, 0.6) is 0 Å². The number of oxazole rings is 2. The van der Waals surface area contributed by atoms with Crippen LogP contribution in [-0.4, -0.2) is 106 Å². The summed E-state index contributed by atoms with van der Waals surface area (Å²) in [6.07, 6.45) is 24.2. The first-order valence-corrected chi connectivity index (χ1v) is 22.5. The first-order valence-electron chi connectivity index (χ1n) is 22.5. The number of methoxy groups -OCH3 is 1. The number of allylic oxidation sites excluding steroid dienone is 8. The topological polar surface area (TPSA) is 254 Å². The zero-order valence-corrected chi connectivity index (χ0v) is 39.9. The number of fused-ring (bicyclic) bond motifs is 5. The van der Waals surface area contributed by atoms with Crippen LogP contribution in [0.2, 0.25) is 0 Å². The maximum atomic E-state index is 13.7. The van der Waals surface area contributed by atoms with Crippen molar-refractivity contribution in [2.24, 2.45) is 10.8 Å². The highest BCUT2D eigenvalue weighted by molar-refractivity contribution is 5.87. The fraction of sp³-hybridized carbons (Fsp3) is 0.451. The molecule has 69 heavy (non-hydrogen) atoms. The fourth-order valence-corrected chi connectivity index (χ4v) is 6.85. The molecule has 1 saturated heterocycles. The number of nitrogens with zero attached hydrogens (tertiary/aromatic N) is 2. The number of hydrogen-bond acceptors (Lipinski definition) is 16. The molecular weight excluding hydrogens is 897 g/mol. The number of carbonyl (C=O) groups is 6. The zero-order chi connectivity index (χ0) is 50.6. The third-order valence-electron chi connectivity index (χ3n) is 11.2. The normalized spacial score (nSPS) is 24.6. The highest BCUT2D eigenvalue weighted by atomic mass is 16.6. The van der Waals surface area contributed by atoms with Gasteiger partial charge >= 0.3 is 35.8 Å². The van der Waals surface area contributed by atoms with Gasteiger partial charge in [-0.1, -0.05) is 107 Å². The van der Waals surface area contributed by atoms with Gasteiger partial charge in [-0.05, 0) is 26.0 Å². The van der Waals surface area contributed by atoms with Crippen LogP contribution < -0.4 is 0 Å². The number of ether oxygens (including phenoxy) is 6. The molecule has 7 atom stereocenters. The number of aromatic nitrogens is 2. The number of esters is 4. The Morgan fingerprint density at radius 3 is 1.78 bits per heavy atom. The molecule has 0 spiro atoms. The van der Waals surface area contributed by atoms with Gasteiger partial charge in [0.1, 0.15) is 49.2 Å². The molecule has 2 aliphatic rings. The van der Waals surface area contributed by atoms with Crippen molar-refractivity contribution in [2.75, 3.05) is 7.11 Å². The average Bonchev–Trinajstić information content (AvgIpc) is 3.60. The molecule has 0 aromatic carbocycles. The minimum Gasteiger partial charge on any atom is -0.481 e. The van der Waals surface area contributed by atoms with Crippen LogP contribution in [0, 0.1) is 10.8 Å². The van der Waals surface area contributed by atoms with Gasteiger partial charge in [0.05, 0.1) is 38.2 Å². The highest BCUT2D eigenvalue weighted by Crippen LogP contribution is 2.36. The third-order valence-corrected chi connectivity index (χ3v) is 11.2. The van der Waals surface area contributed by atoms with E-state index in [0.717, 1.165) is 0 Å². The largest absolute Gasteiger partial charge is 0.481 e. The van der Waals surface area contributed by atoms with E-state index in [0.29, 0.717) is 0 Å². The second-order valence-electron chi connectivity index (χ2n) is 17.2. The lowest BCUT2D eigenvalue weighted by Crippen LogP contribution is -2.44. The van der Waals surface area contributed by atoms with Gasteiger partial charge in [-0.2, -0.15) is 0 Å². The van der Waals surface area contributed by atoms with Crippen LogP contribution in [0.1, 0.15) is 113 Å². The van der Waals surface area contributed by atoms with Crippen LogP contribution in [-0.2, 0) is 54.0 Å². The number of carbonyl (C=O) groups excluding carboxylic acids is 4. The van der Waals surface area contributed by atoms with Gasteiger partial charge in [0.15, 0.2) is 17.3 Å². The molecule has 0 amide bonds. The molecule has 4 bridgehead atoms. The SMILES string of the molecule is C/C=C/[C@H](OC(=O)CCC(=O)O)C(C)(C)[C@H]1C\C=C/C=C\C=C\[C@H](OC)Cc2nc(co2)C(=O)O[C@@H](C(C)(C)[C@H](/C=C/C)OC(=O)CCC(=O)O)C/C=C\[C@H]2O[C@H]2/C=C/C=C\c2nc(co2)C(=O)O1. The molecule has 4 heterocycles. The molecule has 2 aromatic heterocycles. The first kappa shape index (κ1) is 54.7. The standard InChI is InChI=1S/C51H62N2O16/c1-8-18-38(66-46(58)28-26-44(54)55)50(3,4)40-23-14-12-10-11-13-20-33(62-7)30-43-53-35(32-64-43)49(61)69-41(51(5,6)39(19-9-2)67-47(59)29-27-45(56)57)24-17-22-37-36(65-37)21-15-16-25-42-52-34(31-63-42)48(60)68-40/h8-22,25,31-33,36-41H,23-24,26-30H2,1-7H3,(H,54,55)(H,56,57)/b11-10-,14-12-,18-8+,19-9+,20-13+,21-15+,22-17-,25-16-/t33-,36-,37+,38-,39-,40+,41+/m0/s1. The van der Waals surface area contributed by atoms with Gasteiger partial charge < -0.3 is 47.5 Å². The summed E-state index contributed by atoms with van der Waals surface area (Å²) in [5, 5.41) is 18.2. The van der Waals surface area contributed by atoms with E-state index in [9.17, 15) is 28.8 Å². The first-order chi connectivity index (χ1) is 32.9. The molecule has 2 aromatic rings. The van der Waals surface area contributed by atoms with Crippen molar-refractivity contribution in [2.45, 2.75) is 129 Å². The summed E-state index contributed by atoms with van der Waals surface area (Å²) in [5.74, 6) is -4.96. The van der Waals surface area contributed by atoms with Gasteiger partial charge in [-0.15, -0.1) is 0 Å². The Kier molecular flexibility index (Phi) is 21.1. The van der Waals surface area contributed by atoms with Crippen molar-refractivity contribution in [3.63, 3.8) is 0 Å². The van der Waals surface area contributed by atoms with Gasteiger partial charge in [-0.25, -0.2) is 19.6 Å². The summed E-state index contributed by atoms with van der Waals surface area (Å²) in [5.41, 5.74) is -2.25. The quantitative estimate of drug-likeness (QED) is 0.0740. The fourth-order valence-electron chi connectivity index (χ4n) is 6.85. The van der Waals surface area contributed by atoms with Crippen LogP contribution in [0.15, 0.2) is 113 Å². The molecule has 0 radical (unpaired) electrons. The van der Waals surface area contributed by atoms with Crippen molar-refractivity contribution >= 4 is 41.9 Å². The predicted molar refractivity (Wildman–Crippen MR) is 249 cm³/mol. The molecule has 2 N–H and O–H groups in total. The number of carboxylic acids is 2. The summed E-state index contributed by atoms with van der Waals surface area (Å²) in [6, 6.07) is 0. The van der Waals surface area contributed by atoms with E-state index in [4.69, 9.17) is 47.5 Å². The second kappa shape index (κ2) is 26.6. The summed E-state index contributed by atoms with van der Waals surface area (Å²) in [4.78, 5) is 83.6. The molecule has 18 heteroatoms. The molecule has 1 fully saturated rings. The van der Waals surface area contributed by atoms with E-state index in [2.05, 4.69) is 9.97 Å². The summed E-state index contributed by atoms with van der Waals surface area (Å²) < 4.78 is 46.2. The molecule has 0 saturated carbocycles. The molecule has 4 rings (SSSR count). The number of rotatable bonds is 15. The predicted octanol–water partition coefficient (Wildman–Crippen LogP) is 8.08. The monoisotopic (exact) mass is 958 g/mol. The Bertz CT molecular complexity index is 2320. The van der Waals surface area contributed by atoms with Crippen LogP contribution >= 0.6 is 0 Å². The van der Waals surface area contributed by atoms with E-state index in [1.807, 2.05) is 6.08 Å². The highest BCUT2D eigenvalue weighted by Gasteiger charge is 2.43. The van der Waals surface area contributed by atoms with Crippen molar-refractivity contribution in [1.29, 1.82) is 0 Å². The Labute approximate surface area is 401 Å². The van der Waals surface area contributed by atoms with Gasteiger partial charge in [-0.3, -0.25) is 19.2 Å². The second-order valence-corrected chi connectivity index (χ2v) is 17.2. The van der Waals surface area contributed by atoms with Crippen LogP contribution in [0.3, 0.4) is 0 Å². The van der Waals surface area contributed by atoms with Gasteiger partial charge in [0.2, 0.25) is 5.89 Å². The molecule has 0 aliphatic carbocycles. The van der Waals surface area contributed by atoms with E-state index >= 15 is 0 Å². The minimum atomic E-state index is -1.14. The van der Waals surface area contributed by atoms with Crippen molar-refractivity contribution < 1.29 is 76.2 Å². The number of epoxide rings is 1.